The second-order valence-electron chi connectivity index (χ2n) is 5.07. The fourth-order valence-corrected chi connectivity index (χ4v) is 3.07. The van der Waals surface area contributed by atoms with E-state index in [4.69, 9.17) is 9.15 Å². The molecule has 22 heavy (non-hydrogen) atoms. The maximum atomic E-state index is 12.1. The highest BCUT2D eigenvalue weighted by Crippen LogP contribution is 2.24. The summed E-state index contributed by atoms with van der Waals surface area (Å²) in [5, 5.41) is 14.4. The first-order valence-corrected chi connectivity index (χ1v) is 7.56. The van der Waals surface area contributed by atoms with Crippen LogP contribution >= 0.6 is 11.3 Å². The average Bonchev–Trinajstić information content (AvgIpc) is 3.19. The van der Waals surface area contributed by atoms with Gasteiger partial charge in [0.25, 0.3) is 0 Å². The molecule has 2 aromatic heterocycles. The molecule has 0 saturated carbocycles. The summed E-state index contributed by atoms with van der Waals surface area (Å²) < 4.78 is 10.1. The number of hydrogen-bond donors (Lipinski definition) is 2. The molecule has 0 aromatic carbocycles. The van der Waals surface area contributed by atoms with Gasteiger partial charge in [-0.25, -0.2) is 9.78 Å². The Labute approximate surface area is 129 Å². The fourth-order valence-electron chi connectivity index (χ4n) is 2.27. The van der Waals surface area contributed by atoms with Crippen LogP contribution in [0.15, 0.2) is 28.4 Å². The van der Waals surface area contributed by atoms with Gasteiger partial charge in [-0.1, -0.05) is 0 Å². The summed E-state index contributed by atoms with van der Waals surface area (Å²) in [4.78, 5) is 27.8. The minimum absolute atomic E-state index is 0.00852. The zero-order chi connectivity index (χ0) is 15.6. The van der Waals surface area contributed by atoms with Crippen LogP contribution < -0.4 is 5.32 Å². The van der Waals surface area contributed by atoms with Crippen LogP contribution in [0.1, 0.15) is 12.1 Å². The Morgan fingerprint density at radius 3 is 3.00 bits per heavy atom. The Morgan fingerprint density at radius 2 is 2.36 bits per heavy atom. The van der Waals surface area contributed by atoms with E-state index in [1.54, 1.807) is 24.0 Å². The Hall–Kier alpha value is -2.19. The van der Waals surface area contributed by atoms with Crippen molar-refractivity contribution >= 4 is 23.2 Å². The second-order valence-corrected chi connectivity index (χ2v) is 5.93. The number of aromatic nitrogens is 1. The summed E-state index contributed by atoms with van der Waals surface area (Å²) in [6.45, 7) is 0.319. The zero-order valence-electron chi connectivity index (χ0n) is 11.6. The van der Waals surface area contributed by atoms with Crippen molar-refractivity contribution in [3.63, 3.8) is 0 Å². The molecule has 0 aliphatic carbocycles. The van der Waals surface area contributed by atoms with E-state index in [2.05, 4.69) is 10.3 Å². The average molecular weight is 322 g/mol. The number of nitrogens with zero attached hydrogens (tertiary/aromatic N) is 1. The van der Waals surface area contributed by atoms with Crippen molar-refractivity contribution < 1.29 is 23.8 Å². The van der Waals surface area contributed by atoms with Crippen LogP contribution in [0.2, 0.25) is 0 Å². The molecular formula is C14H14N2O5S. The number of rotatable bonds is 5. The van der Waals surface area contributed by atoms with E-state index < -0.39 is 11.5 Å². The van der Waals surface area contributed by atoms with Crippen molar-refractivity contribution in [3.8, 4) is 10.6 Å². The minimum atomic E-state index is -1.32. The van der Waals surface area contributed by atoms with Crippen LogP contribution in [-0.4, -0.2) is 40.7 Å². The molecule has 1 atom stereocenters. The Kier molecular flexibility index (Phi) is 3.95. The molecule has 1 unspecified atom stereocenters. The van der Waals surface area contributed by atoms with Crippen molar-refractivity contribution in [1.82, 2.24) is 10.3 Å². The summed E-state index contributed by atoms with van der Waals surface area (Å²) in [5.74, 6) is -1.45. The molecule has 3 rings (SSSR count). The fraction of sp³-hybridized carbons (Fsp3) is 0.357. The molecule has 1 fully saturated rings. The molecule has 0 bridgehead atoms. The summed E-state index contributed by atoms with van der Waals surface area (Å²) in [6, 6.07) is 1.79. The molecule has 0 spiro atoms. The van der Waals surface area contributed by atoms with Gasteiger partial charge in [-0.3, -0.25) is 4.79 Å². The van der Waals surface area contributed by atoms with Gasteiger partial charge >= 0.3 is 5.97 Å². The molecule has 2 aromatic rings. The van der Waals surface area contributed by atoms with Gasteiger partial charge in [-0.05, 0) is 6.07 Å². The lowest BCUT2D eigenvalue weighted by Gasteiger charge is -2.23. The highest BCUT2D eigenvalue weighted by molar-refractivity contribution is 7.13. The van der Waals surface area contributed by atoms with Crippen LogP contribution in [-0.2, 0) is 20.7 Å². The lowest BCUT2D eigenvalue weighted by Crippen LogP contribution is -2.55. The van der Waals surface area contributed by atoms with E-state index in [0.29, 0.717) is 12.3 Å². The maximum absolute atomic E-state index is 12.1. The van der Waals surface area contributed by atoms with Gasteiger partial charge in [0.2, 0.25) is 5.91 Å². The third-order valence-electron chi connectivity index (χ3n) is 3.47. The normalized spacial score (nSPS) is 20.9. The summed E-state index contributed by atoms with van der Waals surface area (Å²) in [7, 11) is 0. The third-order valence-corrected chi connectivity index (χ3v) is 4.41. The number of thiazole rings is 1. The van der Waals surface area contributed by atoms with Crippen LogP contribution in [0, 0.1) is 0 Å². The van der Waals surface area contributed by atoms with Gasteiger partial charge in [-0.2, -0.15) is 0 Å². The lowest BCUT2D eigenvalue weighted by molar-refractivity contribution is -0.147. The number of carboxylic acid groups (broad SMARTS) is 1. The number of aliphatic carboxylic acids is 1. The van der Waals surface area contributed by atoms with Crippen molar-refractivity contribution in [3.05, 3.63) is 29.7 Å². The van der Waals surface area contributed by atoms with Crippen LogP contribution in [0.5, 0.6) is 0 Å². The molecule has 1 saturated heterocycles. The summed E-state index contributed by atoms with van der Waals surface area (Å²) in [6.07, 6.45) is 3.44. The van der Waals surface area contributed by atoms with Crippen LogP contribution in [0.4, 0.5) is 0 Å². The first-order chi connectivity index (χ1) is 10.6. The first-order valence-electron chi connectivity index (χ1n) is 6.68. The van der Waals surface area contributed by atoms with E-state index in [1.807, 2.05) is 0 Å². The highest BCUT2D eigenvalue weighted by atomic mass is 32.1. The molecule has 116 valence electrons. The van der Waals surface area contributed by atoms with Gasteiger partial charge < -0.3 is 19.6 Å². The smallest absolute Gasteiger partial charge is 0.331 e. The van der Waals surface area contributed by atoms with E-state index in [9.17, 15) is 14.7 Å². The van der Waals surface area contributed by atoms with Gasteiger partial charge in [0.1, 0.15) is 11.3 Å². The van der Waals surface area contributed by atoms with Gasteiger partial charge in [-0.15, -0.1) is 11.3 Å². The largest absolute Gasteiger partial charge is 0.479 e. The van der Waals surface area contributed by atoms with Crippen LogP contribution in [0.25, 0.3) is 10.6 Å². The summed E-state index contributed by atoms with van der Waals surface area (Å²) in [5.41, 5.74) is 0.126. The molecule has 2 N–H and O–H groups in total. The minimum Gasteiger partial charge on any atom is -0.479 e. The molecule has 1 amide bonds. The van der Waals surface area contributed by atoms with Crippen LogP contribution in [0.3, 0.4) is 0 Å². The predicted molar refractivity (Wildman–Crippen MR) is 77.5 cm³/mol. The SMILES string of the molecule is O=C(Cc1csc(-c2ccoc2)n1)NC1(C(=O)O)CCOC1. The summed E-state index contributed by atoms with van der Waals surface area (Å²) >= 11 is 1.41. The number of furan rings is 1. The third kappa shape index (κ3) is 2.88. The topological polar surface area (TPSA) is 102 Å². The van der Waals surface area contributed by atoms with Gasteiger partial charge in [0, 0.05) is 24.0 Å². The van der Waals surface area contributed by atoms with E-state index >= 15 is 0 Å². The molecule has 3 heterocycles. The predicted octanol–water partition coefficient (Wildman–Crippen LogP) is 1.31. The highest BCUT2D eigenvalue weighted by Gasteiger charge is 2.43. The van der Waals surface area contributed by atoms with Crippen molar-refractivity contribution in [2.75, 3.05) is 13.2 Å². The molecule has 1 aliphatic heterocycles. The second kappa shape index (κ2) is 5.90. The number of hydrogen-bond acceptors (Lipinski definition) is 6. The molecule has 8 heteroatoms. The molecule has 1 aliphatic rings. The lowest BCUT2D eigenvalue weighted by atomic mass is 9.99. The van der Waals surface area contributed by atoms with E-state index in [1.165, 1.54) is 11.3 Å². The van der Waals surface area contributed by atoms with Crippen molar-refractivity contribution in [2.24, 2.45) is 0 Å². The Bertz CT molecular complexity index is 673. The number of carbonyl (C=O) groups excluding carboxylic acids is 1. The molecular weight excluding hydrogens is 308 g/mol. The van der Waals surface area contributed by atoms with Crippen molar-refractivity contribution in [1.29, 1.82) is 0 Å². The quantitative estimate of drug-likeness (QED) is 0.860. The van der Waals surface area contributed by atoms with Crippen molar-refractivity contribution in [2.45, 2.75) is 18.4 Å². The molecule has 0 radical (unpaired) electrons. The maximum Gasteiger partial charge on any atom is 0.331 e. The Balaban J connectivity index is 1.66. The standard InChI is InChI=1S/C14H14N2O5S/c17-11(16-14(13(18)19)2-4-21-8-14)5-10-7-22-12(15-10)9-1-3-20-6-9/h1,3,6-7H,2,4-5,8H2,(H,16,17)(H,18,19). The number of ether oxygens (including phenoxy) is 1. The number of amides is 1. The monoisotopic (exact) mass is 322 g/mol. The first kappa shape index (κ1) is 14.7. The number of carbonyl (C=O) groups is 2. The van der Waals surface area contributed by atoms with E-state index in [0.717, 1.165) is 10.6 Å². The zero-order valence-corrected chi connectivity index (χ0v) is 12.4. The number of nitrogens with one attached hydrogen (secondary N) is 1. The number of carboxylic acids is 1. The van der Waals surface area contributed by atoms with E-state index in [-0.39, 0.29) is 25.4 Å². The molecule has 7 nitrogen and oxygen atoms in total. The Morgan fingerprint density at radius 1 is 1.50 bits per heavy atom. The van der Waals surface area contributed by atoms with Gasteiger partial charge in [0.15, 0.2) is 5.54 Å². The van der Waals surface area contributed by atoms with Gasteiger partial charge in [0.05, 0.1) is 25.0 Å².